The van der Waals surface area contributed by atoms with Gasteiger partial charge < -0.3 is 24.1 Å². The van der Waals surface area contributed by atoms with Gasteiger partial charge in [0.15, 0.2) is 12.0 Å². The Kier molecular flexibility index (Phi) is 4.87. The van der Waals surface area contributed by atoms with Crippen molar-refractivity contribution in [3.05, 3.63) is 72.6 Å². The highest BCUT2D eigenvalue weighted by molar-refractivity contribution is 5.94. The van der Waals surface area contributed by atoms with Crippen LogP contribution in [0.3, 0.4) is 0 Å². The first-order valence-corrected chi connectivity index (χ1v) is 11.0. The molecule has 0 aliphatic carbocycles. The zero-order valence-corrected chi connectivity index (χ0v) is 18.5. The second kappa shape index (κ2) is 7.83. The lowest BCUT2D eigenvalue weighted by molar-refractivity contribution is -0.183. The molecule has 34 heavy (non-hydrogen) atoms. The topological polar surface area (TPSA) is 70.4 Å². The zero-order valence-electron chi connectivity index (χ0n) is 18.5. The lowest BCUT2D eigenvalue weighted by atomic mass is 10.1. The number of benzene rings is 2. The molecule has 0 unspecified atom stereocenters. The number of rotatable bonds is 4. The van der Waals surface area contributed by atoms with Crippen LogP contribution in [-0.4, -0.2) is 39.1 Å². The maximum Gasteiger partial charge on any atom is 0.229 e. The summed E-state index contributed by atoms with van der Waals surface area (Å²) in [5, 5.41) is 3.89. The van der Waals surface area contributed by atoms with Crippen molar-refractivity contribution in [1.82, 2.24) is 14.5 Å². The summed E-state index contributed by atoms with van der Waals surface area (Å²) in [7, 11) is 0. The van der Waals surface area contributed by atoms with Gasteiger partial charge in [-0.1, -0.05) is 12.1 Å². The fourth-order valence-electron chi connectivity index (χ4n) is 4.57. The third-order valence-corrected chi connectivity index (χ3v) is 6.04. The lowest BCUT2D eigenvalue weighted by Gasteiger charge is -2.23. The first-order valence-electron chi connectivity index (χ1n) is 11.0. The van der Waals surface area contributed by atoms with Gasteiger partial charge in [0.25, 0.3) is 0 Å². The summed E-state index contributed by atoms with van der Waals surface area (Å²) in [5.41, 5.74) is 2.95. The van der Waals surface area contributed by atoms with E-state index in [1.807, 2.05) is 24.6 Å². The maximum atomic E-state index is 13.6. The van der Waals surface area contributed by atoms with Crippen molar-refractivity contribution in [2.45, 2.75) is 38.1 Å². The van der Waals surface area contributed by atoms with Crippen LogP contribution in [0.2, 0.25) is 0 Å². The Bertz CT molecular complexity index is 1360. The van der Waals surface area contributed by atoms with Crippen LogP contribution in [-0.2, 0) is 14.2 Å². The number of nitrogens with zero attached hydrogens (tertiary/aromatic N) is 3. The summed E-state index contributed by atoms with van der Waals surface area (Å²) in [6.45, 7) is 4.16. The van der Waals surface area contributed by atoms with Crippen LogP contribution >= 0.6 is 0 Å². The monoisotopic (exact) mass is 464 g/mol. The molecule has 2 aromatic heterocycles. The molecule has 0 spiro atoms. The van der Waals surface area contributed by atoms with E-state index in [4.69, 9.17) is 19.2 Å². The van der Waals surface area contributed by atoms with Gasteiger partial charge >= 0.3 is 0 Å². The molecule has 9 heteroatoms. The van der Waals surface area contributed by atoms with Crippen LogP contribution in [0.1, 0.15) is 20.1 Å². The van der Waals surface area contributed by atoms with Crippen molar-refractivity contribution in [2.24, 2.45) is 0 Å². The maximum absolute atomic E-state index is 13.6. The number of hydrogen-bond acceptors (Lipinski definition) is 6. The molecule has 174 valence electrons. The number of fused-ring (bicyclic) bond motifs is 2. The highest BCUT2D eigenvalue weighted by Crippen LogP contribution is 2.42. The van der Waals surface area contributed by atoms with Crippen molar-refractivity contribution in [3.8, 4) is 11.1 Å². The van der Waals surface area contributed by atoms with Crippen LogP contribution < -0.4 is 5.32 Å². The highest BCUT2D eigenvalue weighted by atomic mass is 19.1. The summed E-state index contributed by atoms with van der Waals surface area (Å²) >= 11 is 0. The van der Waals surface area contributed by atoms with Gasteiger partial charge in [0.05, 0.1) is 6.61 Å². The van der Waals surface area contributed by atoms with E-state index in [0.29, 0.717) is 23.9 Å². The predicted molar refractivity (Wildman–Crippen MR) is 121 cm³/mol. The molecule has 0 amide bonds. The van der Waals surface area contributed by atoms with Gasteiger partial charge in [0, 0.05) is 29.0 Å². The van der Waals surface area contributed by atoms with E-state index in [-0.39, 0.29) is 23.8 Å². The summed E-state index contributed by atoms with van der Waals surface area (Å²) in [6.07, 6.45) is 2.68. The van der Waals surface area contributed by atoms with Gasteiger partial charge in [-0.2, -0.15) is 4.98 Å². The molecule has 4 heterocycles. The molecule has 2 fully saturated rings. The molecule has 6 rings (SSSR count). The van der Waals surface area contributed by atoms with Gasteiger partial charge in [-0.3, -0.25) is 0 Å². The standard InChI is InChI=1S/C25H22F2N4O3/c1-25(2)33-20-13-32-23(21(20)34-25)31-12-19(14-3-5-15(26)6-4-14)18-11-28-24(30-22(18)31)29-17-9-7-16(27)8-10-17/h3-12,20-21,23H,13H2,1-2H3,(H,28,29,30)/t20-,21-,23-/m1/s1. The summed E-state index contributed by atoms with van der Waals surface area (Å²) < 4.78 is 47.0. The smallest absolute Gasteiger partial charge is 0.229 e. The highest BCUT2D eigenvalue weighted by Gasteiger charge is 2.51. The Labute approximate surface area is 194 Å². The zero-order chi connectivity index (χ0) is 23.4. The second-order valence-corrected chi connectivity index (χ2v) is 8.88. The third-order valence-electron chi connectivity index (χ3n) is 6.04. The molecule has 4 aromatic rings. The number of ether oxygens (including phenoxy) is 3. The average Bonchev–Trinajstić information content (AvgIpc) is 3.45. The largest absolute Gasteiger partial charge is 0.352 e. The van der Waals surface area contributed by atoms with Crippen molar-refractivity contribution < 1.29 is 23.0 Å². The van der Waals surface area contributed by atoms with Gasteiger partial charge in [-0.25, -0.2) is 13.8 Å². The van der Waals surface area contributed by atoms with E-state index in [1.165, 1.54) is 24.3 Å². The van der Waals surface area contributed by atoms with E-state index < -0.39 is 12.0 Å². The fraction of sp³-hybridized carbons (Fsp3) is 0.280. The van der Waals surface area contributed by atoms with Gasteiger partial charge in [-0.15, -0.1) is 0 Å². The van der Waals surface area contributed by atoms with E-state index in [2.05, 4.69) is 10.3 Å². The van der Waals surface area contributed by atoms with Crippen LogP contribution in [0.25, 0.3) is 22.2 Å². The molecule has 2 aliphatic rings. The number of hydrogen-bond donors (Lipinski definition) is 1. The number of aromatic nitrogens is 3. The Morgan fingerprint density at radius 2 is 1.71 bits per heavy atom. The van der Waals surface area contributed by atoms with Gasteiger partial charge in [-0.05, 0) is 55.8 Å². The van der Waals surface area contributed by atoms with Crippen molar-refractivity contribution in [2.75, 3.05) is 11.9 Å². The molecular formula is C25H22F2N4O3. The Balaban J connectivity index is 1.45. The van der Waals surface area contributed by atoms with Crippen molar-refractivity contribution in [3.63, 3.8) is 0 Å². The number of nitrogens with one attached hydrogen (secondary N) is 1. The van der Waals surface area contributed by atoms with Crippen LogP contribution in [0.15, 0.2) is 60.9 Å². The second-order valence-electron chi connectivity index (χ2n) is 8.88. The minimum absolute atomic E-state index is 0.189. The fourth-order valence-corrected chi connectivity index (χ4v) is 4.57. The summed E-state index contributed by atoms with van der Waals surface area (Å²) in [4.78, 5) is 9.21. The molecule has 7 nitrogen and oxygen atoms in total. The molecule has 2 aliphatic heterocycles. The summed E-state index contributed by atoms with van der Waals surface area (Å²) in [5.74, 6) is -0.989. The van der Waals surface area contributed by atoms with Crippen LogP contribution in [0.4, 0.5) is 20.4 Å². The first-order chi connectivity index (χ1) is 16.4. The van der Waals surface area contributed by atoms with E-state index in [1.54, 1.807) is 30.5 Å². The Morgan fingerprint density at radius 1 is 1.00 bits per heavy atom. The molecule has 2 saturated heterocycles. The average molecular weight is 464 g/mol. The van der Waals surface area contributed by atoms with Gasteiger partial charge in [0.1, 0.15) is 29.5 Å². The Hall–Kier alpha value is -3.40. The van der Waals surface area contributed by atoms with Crippen LogP contribution in [0, 0.1) is 11.6 Å². The minimum Gasteiger partial charge on any atom is -0.352 e. The molecule has 0 saturated carbocycles. The molecule has 3 atom stereocenters. The molecule has 0 bridgehead atoms. The quantitative estimate of drug-likeness (QED) is 0.449. The first kappa shape index (κ1) is 21.2. The van der Waals surface area contributed by atoms with E-state index >= 15 is 0 Å². The van der Waals surface area contributed by atoms with Crippen molar-refractivity contribution >= 4 is 22.7 Å². The number of halogens is 2. The van der Waals surface area contributed by atoms with Crippen molar-refractivity contribution in [1.29, 1.82) is 0 Å². The minimum atomic E-state index is -0.704. The van der Waals surface area contributed by atoms with Gasteiger partial charge in [0.2, 0.25) is 5.95 Å². The normalized spacial score (nSPS) is 23.4. The van der Waals surface area contributed by atoms with E-state index in [9.17, 15) is 8.78 Å². The molecule has 2 aromatic carbocycles. The van der Waals surface area contributed by atoms with Crippen LogP contribution in [0.5, 0.6) is 0 Å². The molecular weight excluding hydrogens is 442 g/mol. The van der Waals surface area contributed by atoms with E-state index in [0.717, 1.165) is 16.5 Å². The molecule has 1 N–H and O–H groups in total. The summed E-state index contributed by atoms with van der Waals surface area (Å²) in [6, 6.07) is 12.2. The predicted octanol–water partition coefficient (Wildman–Crippen LogP) is 5.17. The SMILES string of the molecule is CC1(C)O[C@H]2[C@H](n3cc(-c4ccc(F)cc4)c4cnc(Nc5ccc(F)cc5)nc43)OC[C@H]2O1. The molecule has 0 radical (unpaired) electrons. The number of anilines is 2. The Morgan fingerprint density at radius 3 is 2.44 bits per heavy atom. The lowest BCUT2D eigenvalue weighted by Crippen LogP contribution is -2.27. The third kappa shape index (κ3) is 3.71.